The Morgan fingerprint density at radius 1 is 1.06 bits per heavy atom. The molecular weight excluding hydrogens is 200 g/mol. The van der Waals surface area contributed by atoms with Crippen LogP contribution >= 0.6 is 0 Å². The van der Waals surface area contributed by atoms with E-state index in [0.29, 0.717) is 5.92 Å². The molecule has 2 rings (SSSR count). The van der Waals surface area contributed by atoms with Gasteiger partial charge < -0.3 is 10.2 Å². The van der Waals surface area contributed by atoms with Crippen molar-refractivity contribution in [3.63, 3.8) is 0 Å². The lowest BCUT2D eigenvalue weighted by Gasteiger charge is -2.52. The molecule has 2 N–H and O–H groups in total. The Kier molecular flexibility index (Phi) is 3.60. The normalized spacial score (nSPS) is 39.6. The second-order valence-electron chi connectivity index (χ2n) is 6.23. The summed E-state index contributed by atoms with van der Waals surface area (Å²) in [6, 6.07) is 0. The van der Waals surface area contributed by atoms with Crippen molar-refractivity contribution < 1.29 is 10.2 Å². The summed E-state index contributed by atoms with van der Waals surface area (Å²) >= 11 is 0. The number of hydrogen-bond acceptors (Lipinski definition) is 2. The van der Waals surface area contributed by atoms with E-state index in [1.165, 1.54) is 25.7 Å². The molecule has 0 aromatic rings. The molecule has 0 aliphatic heterocycles. The zero-order valence-corrected chi connectivity index (χ0v) is 10.5. The third-order valence-corrected chi connectivity index (χ3v) is 5.07. The molecule has 0 aromatic heterocycles. The molecule has 0 spiro atoms. The van der Waals surface area contributed by atoms with Crippen molar-refractivity contribution in [3.05, 3.63) is 0 Å². The summed E-state index contributed by atoms with van der Waals surface area (Å²) in [4.78, 5) is 0. The lowest BCUT2D eigenvalue weighted by Crippen LogP contribution is -2.54. The third kappa shape index (κ3) is 2.02. The van der Waals surface area contributed by atoms with E-state index in [1.807, 2.05) is 0 Å². The van der Waals surface area contributed by atoms with Crippen LogP contribution < -0.4 is 0 Å². The Labute approximate surface area is 99.1 Å². The van der Waals surface area contributed by atoms with Crippen molar-refractivity contribution in [1.82, 2.24) is 0 Å². The summed E-state index contributed by atoms with van der Waals surface area (Å²) < 4.78 is 0. The van der Waals surface area contributed by atoms with E-state index >= 15 is 0 Å². The molecule has 2 nitrogen and oxygen atoms in total. The lowest BCUT2D eigenvalue weighted by atomic mass is 9.58. The van der Waals surface area contributed by atoms with Crippen LogP contribution in [0.3, 0.4) is 0 Å². The van der Waals surface area contributed by atoms with Gasteiger partial charge in [-0.3, -0.25) is 0 Å². The van der Waals surface area contributed by atoms with E-state index in [4.69, 9.17) is 0 Å². The Morgan fingerprint density at radius 3 is 2.31 bits per heavy atom. The highest BCUT2D eigenvalue weighted by molar-refractivity contribution is 5.02. The first-order chi connectivity index (χ1) is 7.62. The maximum absolute atomic E-state index is 11.0. The van der Waals surface area contributed by atoms with Crippen LogP contribution in [0.15, 0.2) is 0 Å². The maximum atomic E-state index is 11.0. The highest BCUT2D eigenvalue weighted by Crippen LogP contribution is 2.51. The first kappa shape index (κ1) is 12.4. The smallest absolute Gasteiger partial charge is 0.0728 e. The van der Waals surface area contributed by atoms with Gasteiger partial charge in [-0.25, -0.2) is 0 Å². The fourth-order valence-electron chi connectivity index (χ4n) is 4.00. The molecule has 16 heavy (non-hydrogen) atoms. The minimum Gasteiger partial charge on any atom is -0.396 e. The first-order valence-electron chi connectivity index (χ1n) is 6.95. The summed E-state index contributed by atoms with van der Waals surface area (Å²) in [6.45, 7) is 2.41. The van der Waals surface area contributed by atoms with E-state index in [9.17, 15) is 10.2 Å². The maximum Gasteiger partial charge on any atom is 0.0728 e. The van der Waals surface area contributed by atoms with Crippen LogP contribution in [0.25, 0.3) is 0 Å². The fourth-order valence-corrected chi connectivity index (χ4v) is 4.00. The predicted octanol–water partition coefficient (Wildman–Crippen LogP) is 2.87. The molecule has 94 valence electrons. The monoisotopic (exact) mass is 226 g/mol. The molecular formula is C14H26O2. The Hall–Kier alpha value is -0.0800. The molecule has 2 fully saturated rings. The van der Waals surface area contributed by atoms with Gasteiger partial charge in [-0.05, 0) is 31.6 Å². The standard InChI is InChI=1S/C14H26O2/c1-12-6-5-9-14(16,10-12)13(11-15)7-3-2-4-8-13/h12,15-16H,2-11H2,1H3. The van der Waals surface area contributed by atoms with Gasteiger partial charge in [0.25, 0.3) is 0 Å². The van der Waals surface area contributed by atoms with Crippen LogP contribution in [0, 0.1) is 11.3 Å². The molecule has 0 amide bonds. The molecule has 2 aliphatic rings. The number of hydrogen-bond donors (Lipinski definition) is 2. The van der Waals surface area contributed by atoms with Crippen molar-refractivity contribution in [2.24, 2.45) is 11.3 Å². The number of rotatable bonds is 2. The average Bonchev–Trinajstić information content (AvgIpc) is 2.29. The number of aliphatic hydroxyl groups is 2. The zero-order valence-electron chi connectivity index (χ0n) is 10.5. The van der Waals surface area contributed by atoms with Gasteiger partial charge in [0, 0.05) is 5.41 Å². The van der Waals surface area contributed by atoms with Crippen molar-refractivity contribution in [2.45, 2.75) is 70.3 Å². The van der Waals surface area contributed by atoms with Crippen LogP contribution in [0.5, 0.6) is 0 Å². The Balaban J connectivity index is 2.17. The zero-order chi connectivity index (χ0) is 11.6. The minimum atomic E-state index is -0.583. The average molecular weight is 226 g/mol. The van der Waals surface area contributed by atoms with E-state index in [1.54, 1.807) is 0 Å². The summed E-state index contributed by atoms with van der Waals surface area (Å²) in [5.74, 6) is 0.615. The van der Waals surface area contributed by atoms with Crippen molar-refractivity contribution in [3.8, 4) is 0 Å². The van der Waals surface area contributed by atoms with Gasteiger partial charge in [-0.1, -0.05) is 39.0 Å². The highest BCUT2D eigenvalue weighted by Gasteiger charge is 2.51. The molecule has 0 heterocycles. The first-order valence-corrected chi connectivity index (χ1v) is 6.95. The van der Waals surface area contributed by atoms with Gasteiger partial charge in [-0.15, -0.1) is 0 Å². The molecule has 2 atom stereocenters. The molecule has 0 bridgehead atoms. The molecule has 0 saturated heterocycles. The topological polar surface area (TPSA) is 40.5 Å². The summed E-state index contributed by atoms with van der Waals surface area (Å²) in [7, 11) is 0. The van der Waals surface area contributed by atoms with E-state index in [0.717, 1.165) is 32.1 Å². The van der Waals surface area contributed by atoms with Gasteiger partial charge in [0.05, 0.1) is 12.2 Å². The summed E-state index contributed by atoms with van der Waals surface area (Å²) in [6.07, 6.45) is 9.83. The molecule has 0 aromatic carbocycles. The van der Waals surface area contributed by atoms with Crippen molar-refractivity contribution in [2.75, 3.05) is 6.61 Å². The van der Waals surface area contributed by atoms with E-state index in [-0.39, 0.29) is 12.0 Å². The van der Waals surface area contributed by atoms with Crippen molar-refractivity contribution in [1.29, 1.82) is 0 Å². The summed E-state index contributed by atoms with van der Waals surface area (Å²) in [5.41, 5.74) is -0.764. The fraction of sp³-hybridized carbons (Fsp3) is 1.00. The molecule has 0 radical (unpaired) electrons. The minimum absolute atomic E-state index is 0.177. The van der Waals surface area contributed by atoms with Gasteiger partial charge >= 0.3 is 0 Å². The van der Waals surface area contributed by atoms with Crippen LogP contribution in [0.4, 0.5) is 0 Å². The van der Waals surface area contributed by atoms with Gasteiger partial charge in [0.1, 0.15) is 0 Å². The van der Waals surface area contributed by atoms with Gasteiger partial charge in [-0.2, -0.15) is 0 Å². The SMILES string of the molecule is CC1CCCC(O)(C2(CO)CCCCC2)C1. The van der Waals surface area contributed by atoms with Crippen LogP contribution in [0.1, 0.15) is 64.7 Å². The van der Waals surface area contributed by atoms with E-state index in [2.05, 4.69) is 6.92 Å². The lowest BCUT2D eigenvalue weighted by molar-refractivity contribution is -0.154. The largest absolute Gasteiger partial charge is 0.396 e. The molecule has 2 unspecified atom stereocenters. The third-order valence-electron chi connectivity index (χ3n) is 5.07. The number of aliphatic hydroxyl groups excluding tert-OH is 1. The van der Waals surface area contributed by atoms with Crippen molar-refractivity contribution >= 4 is 0 Å². The van der Waals surface area contributed by atoms with Gasteiger partial charge in [0.15, 0.2) is 0 Å². The highest BCUT2D eigenvalue weighted by atomic mass is 16.3. The molecule has 2 aliphatic carbocycles. The van der Waals surface area contributed by atoms with Crippen LogP contribution in [-0.2, 0) is 0 Å². The van der Waals surface area contributed by atoms with Crippen LogP contribution in [-0.4, -0.2) is 22.4 Å². The second kappa shape index (κ2) is 4.66. The molecule has 2 heteroatoms. The Bertz CT molecular complexity index is 233. The Morgan fingerprint density at radius 2 is 1.75 bits per heavy atom. The van der Waals surface area contributed by atoms with Gasteiger partial charge in [0.2, 0.25) is 0 Å². The summed E-state index contributed by atoms with van der Waals surface area (Å²) in [5, 5.41) is 20.7. The van der Waals surface area contributed by atoms with Crippen LogP contribution in [0.2, 0.25) is 0 Å². The predicted molar refractivity (Wildman–Crippen MR) is 65.2 cm³/mol. The molecule has 2 saturated carbocycles. The second-order valence-corrected chi connectivity index (χ2v) is 6.23. The van der Waals surface area contributed by atoms with E-state index < -0.39 is 5.60 Å². The quantitative estimate of drug-likeness (QED) is 0.760.